The van der Waals surface area contributed by atoms with Crippen LogP contribution in [0.15, 0.2) is 53.6 Å². The predicted octanol–water partition coefficient (Wildman–Crippen LogP) is 3.07. The van der Waals surface area contributed by atoms with Gasteiger partial charge in [-0.1, -0.05) is 42.0 Å². The van der Waals surface area contributed by atoms with Gasteiger partial charge < -0.3 is 0 Å². The van der Waals surface area contributed by atoms with Crippen LogP contribution >= 0.6 is 0 Å². The topological polar surface area (TPSA) is 41.5 Å². The standard InChI is InChI=1S/C16H16N2O/c1-12-8-9-15(13(2)10-12)11-17-18-16(19)14-6-4-3-5-7-14/h3-11H,1-2H3,(H,18,19)/b17-11-. The van der Waals surface area contributed by atoms with Crippen molar-refractivity contribution in [1.82, 2.24) is 5.43 Å². The second-order valence-electron chi connectivity index (χ2n) is 4.43. The van der Waals surface area contributed by atoms with E-state index in [2.05, 4.69) is 16.6 Å². The van der Waals surface area contributed by atoms with Gasteiger partial charge in [-0.05, 0) is 37.1 Å². The first-order chi connectivity index (χ1) is 9.16. The third kappa shape index (κ3) is 3.52. The number of carbonyl (C=O) groups is 1. The van der Waals surface area contributed by atoms with E-state index in [9.17, 15) is 4.79 Å². The van der Waals surface area contributed by atoms with Crippen LogP contribution in [0.25, 0.3) is 0 Å². The number of hydrazone groups is 1. The first-order valence-electron chi connectivity index (χ1n) is 6.12. The van der Waals surface area contributed by atoms with Gasteiger partial charge in [0.2, 0.25) is 0 Å². The number of amides is 1. The average molecular weight is 252 g/mol. The molecule has 0 heterocycles. The highest BCUT2D eigenvalue weighted by molar-refractivity contribution is 5.94. The first kappa shape index (κ1) is 13.0. The monoisotopic (exact) mass is 252 g/mol. The molecule has 3 heteroatoms. The SMILES string of the molecule is Cc1ccc(/C=N\NC(=O)c2ccccc2)c(C)c1. The molecule has 0 aliphatic rings. The maximum absolute atomic E-state index is 11.7. The van der Waals surface area contributed by atoms with E-state index >= 15 is 0 Å². The number of hydrogen-bond donors (Lipinski definition) is 1. The van der Waals surface area contributed by atoms with Crippen LogP contribution in [0.1, 0.15) is 27.0 Å². The van der Waals surface area contributed by atoms with Crippen LogP contribution in [-0.2, 0) is 0 Å². The molecule has 0 unspecified atom stereocenters. The lowest BCUT2D eigenvalue weighted by Gasteiger charge is -2.02. The Bertz CT molecular complexity index is 603. The number of rotatable bonds is 3. The van der Waals surface area contributed by atoms with Crippen LogP contribution in [0.2, 0.25) is 0 Å². The molecule has 2 aromatic carbocycles. The molecule has 0 atom stereocenters. The van der Waals surface area contributed by atoms with E-state index in [1.165, 1.54) is 5.56 Å². The third-order valence-electron chi connectivity index (χ3n) is 2.83. The maximum Gasteiger partial charge on any atom is 0.271 e. The second kappa shape index (κ2) is 5.96. The number of nitrogens with zero attached hydrogens (tertiary/aromatic N) is 1. The Hall–Kier alpha value is -2.42. The summed E-state index contributed by atoms with van der Waals surface area (Å²) in [6, 6.07) is 15.1. The van der Waals surface area contributed by atoms with E-state index in [-0.39, 0.29) is 5.91 Å². The lowest BCUT2D eigenvalue weighted by Crippen LogP contribution is -2.17. The average Bonchev–Trinajstić information content (AvgIpc) is 2.42. The Morgan fingerprint density at radius 2 is 1.84 bits per heavy atom. The molecule has 2 aromatic rings. The molecular weight excluding hydrogens is 236 g/mol. The number of aryl methyl sites for hydroxylation is 2. The molecule has 1 N–H and O–H groups in total. The minimum Gasteiger partial charge on any atom is -0.267 e. The molecule has 0 aliphatic heterocycles. The van der Waals surface area contributed by atoms with Crippen molar-refractivity contribution in [2.75, 3.05) is 0 Å². The Morgan fingerprint density at radius 3 is 2.53 bits per heavy atom. The van der Waals surface area contributed by atoms with Crippen molar-refractivity contribution in [3.8, 4) is 0 Å². The molecule has 0 aromatic heterocycles. The van der Waals surface area contributed by atoms with Crippen molar-refractivity contribution in [1.29, 1.82) is 0 Å². The molecular formula is C16H16N2O. The van der Waals surface area contributed by atoms with Crippen molar-refractivity contribution in [3.05, 3.63) is 70.8 Å². The minimum absolute atomic E-state index is 0.207. The Labute approximate surface area is 113 Å². The summed E-state index contributed by atoms with van der Waals surface area (Å²) in [5.74, 6) is -0.207. The maximum atomic E-state index is 11.7. The molecule has 2 rings (SSSR count). The third-order valence-corrected chi connectivity index (χ3v) is 2.83. The zero-order valence-corrected chi connectivity index (χ0v) is 11.1. The number of carbonyl (C=O) groups excluding carboxylic acids is 1. The quantitative estimate of drug-likeness (QED) is 0.662. The van der Waals surface area contributed by atoms with Crippen LogP contribution < -0.4 is 5.43 Å². The van der Waals surface area contributed by atoms with Gasteiger partial charge in [-0.25, -0.2) is 5.43 Å². The van der Waals surface area contributed by atoms with Crippen molar-refractivity contribution in [2.24, 2.45) is 5.10 Å². The lowest BCUT2D eigenvalue weighted by atomic mass is 10.1. The van der Waals surface area contributed by atoms with Crippen LogP contribution in [0.5, 0.6) is 0 Å². The largest absolute Gasteiger partial charge is 0.271 e. The highest BCUT2D eigenvalue weighted by atomic mass is 16.2. The highest BCUT2D eigenvalue weighted by Gasteiger charge is 2.01. The van der Waals surface area contributed by atoms with Crippen molar-refractivity contribution in [2.45, 2.75) is 13.8 Å². The summed E-state index contributed by atoms with van der Waals surface area (Å²) in [6.45, 7) is 4.07. The number of benzene rings is 2. The van der Waals surface area contributed by atoms with E-state index in [1.54, 1.807) is 18.3 Å². The molecule has 0 saturated carbocycles. The number of nitrogens with one attached hydrogen (secondary N) is 1. The smallest absolute Gasteiger partial charge is 0.267 e. The van der Waals surface area contributed by atoms with Gasteiger partial charge in [0.05, 0.1) is 6.21 Å². The normalized spacial score (nSPS) is 10.6. The summed E-state index contributed by atoms with van der Waals surface area (Å²) in [5, 5.41) is 3.98. The van der Waals surface area contributed by atoms with Gasteiger partial charge >= 0.3 is 0 Å². The van der Waals surface area contributed by atoms with Crippen LogP contribution in [0, 0.1) is 13.8 Å². The summed E-state index contributed by atoms with van der Waals surface area (Å²) in [4.78, 5) is 11.7. The zero-order chi connectivity index (χ0) is 13.7. The van der Waals surface area contributed by atoms with Gasteiger partial charge in [-0.2, -0.15) is 5.10 Å². The van der Waals surface area contributed by atoms with Crippen LogP contribution in [0.3, 0.4) is 0 Å². The molecule has 0 bridgehead atoms. The van der Waals surface area contributed by atoms with E-state index in [1.807, 2.05) is 44.2 Å². The van der Waals surface area contributed by atoms with E-state index in [4.69, 9.17) is 0 Å². The first-order valence-corrected chi connectivity index (χ1v) is 6.12. The molecule has 0 saturated heterocycles. The molecule has 0 aliphatic carbocycles. The van der Waals surface area contributed by atoms with Gasteiger partial charge in [-0.3, -0.25) is 4.79 Å². The van der Waals surface area contributed by atoms with Gasteiger partial charge in [0.25, 0.3) is 5.91 Å². The molecule has 96 valence electrons. The molecule has 1 amide bonds. The fraction of sp³-hybridized carbons (Fsp3) is 0.125. The summed E-state index contributed by atoms with van der Waals surface area (Å²) >= 11 is 0. The lowest BCUT2D eigenvalue weighted by molar-refractivity contribution is 0.0955. The predicted molar refractivity (Wildman–Crippen MR) is 77.4 cm³/mol. The fourth-order valence-electron chi connectivity index (χ4n) is 1.78. The van der Waals surface area contributed by atoms with Crippen molar-refractivity contribution in [3.63, 3.8) is 0 Å². The van der Waals surface area contributed by atoms with Crippen molar-refractivity contribution < 1.29 is 4.79 Å². The molecule has 19 heavy (non-hydrogen) atoms. The molecule has 0 spiro atoms. The fourth-order valence-corrected chi connectivity index (χ4v) is 1.78. The molecule has 3 nitrogen and oxygen atoms in total. The van der Waals surface area contributed by atoms with Crippen LogP contribution in [-0.4, -0.2) is 12.1 Å². The highest BCUT2D eigenvalue weighted by Crippen LogP contribution is 2.07. The Kier molecular flexibility index (Phi) is 4.08. The summed E-state index contributed by atoms with van der Waals surface area (Å²) in [5.41, 5.74) is 6.46. The molecule has 0 fully saturated rings. The van der Waals surface area contributed by atoms with E-state index < -0.39 is 0 Å². The minimum atomic E-state index is -0.207. The molecule has 0 radical (unpaired) electrons. The summed E-state index contributed by atoms with van der Waals surface area (Å²) in [6.07, 6.45) is 1.66. The van der Waals surface area contributed by atoms with E-state index in [0.29, 0.717) is 5.56 Å². The van der Waals surface area contributed by atoms with Crippen LogP contribution in [0.4, 0.5) is 0 Å². The summed E-state index contributed by atoms with van der Waals surface area (Å²) in [7, 11) is 0. The number of hydrogen-bond acceptors (Lipinski definition) is 2. The van der Waals surface area contributed by atoms with E-state index in [0.717, 1.165) is 11.1 Å². The van der Waals surface area contributed by atoms with Gasteiger partial charge in [-0.15, -0.1) is 0 Å². The van der Waals surface area contributed by atoms with Gasteiger partial charge in [0.1, 0.15) is 0 Å². The Morgan fingerprint density at radius 1 is 1.11 bits per heavy atom. The van der Waals surface area contributed by atoms with Crippen molar-refractivity contribution >= 4 is 12.1 Å². The van der Waals surface area contributed by atoms with Gasteiger partial charge in [0.15, 0.2) is 0 Å². The summed E-state index contributed by atoms with van der Waals surface area (Å²) < 4.78 is 0. The zero-order valence-electron chi connectivity index (χ0n) is 11.1. The van der Waals surface area contributed by atoms with Gasteiger partial charge in [0, 0.05) is 5.56 Å². The second-order valence-corrected chi connectivity index (χ2v) is 4.43. The Balaban J connectivity index is 2.02.